The van der Waals surface area contributed by atoms with Crippen LogP contribution in [0.2, 0.25) is 20.1 Å². The van der Waals surface area contributed by atoms with Crippen LogP contribution in [0.25, 0.3) is 0 Å². The molecule has 1 aromatic rings. The van der Waals surface area contributed by atoms with Gasteiger partial charge in [-0.1, -0.05) is 53.3 Å². The van der Waals surface area contributed by atoms with Crippen molar-refractivity contribution in [2.24, 2.45) is 11.8 Å². The minimum Gasteiger partial charge on any atom is -0.381 e. The first-order valence-electron chi connectivity index (χ1n) is 5.88. The van der Waals surface area contributed by atoms with Crippen molar-refractivity contribution in [1.82, 2.24) is 0 Å². The molecule has 2 nitrogen and oxygen atoms in total. The van der Waals surface area contributed by atoms with Crippen molar-refractivity contribution in [3.05, 3.63) is 31.7 Å². The van der Waals surface area contributed by atoms with Gasteiger partial charge in [-0.2, -0.15) is 0 Å². The van der Waals surface area contributed by atoms with Gasteiger partial charge >= 0.3 is 0 Å². The Morgan fingerprint density at radius 1 is 1.21 bits per heavy atom. The Hall–Kier alpha value is 0.01000. The van der Waals surface area contributed by atoms with Crippen molar-refractivity contribution in [2.45, 2.75) is 13.3 Å². The van der Waals surface area contributed by atoms with Gasteiger partial charge in [-0.15, -0.1) is 0 Å². The molecule has 1 aliphatic rings. The molecule has 1 fully saturated rings. The van der Waals surface area contributed by atoms with Crippen molar-refractivity contribution in [3.63, 3.8) is 0 Å². The predicted octanol–water partition coefficient (Wildman–Crippen LogP) is 5.16. The fourth-order valence-corrected chi connectivity index (χ4v) is 3.35. The lowest BCUT2D eigenvalue weighted by atomic mass is 9.83. The van der Waals surface area contributed by atoms with Crippen LogP contribution < -0.4 is 0 Å². The van der Waals surface area contributed by atoms with Gasteiger partial charge in [0, 0.05) is 19.1 Å². The van der Waals surface area contributed by atoms with Crippen LogP contribution in [0, 0.1) is 11.8 Å². The molecule has 2 atom stereocenters. The van der Waals surface area contributed by atoms with Gasteiger partial charge in [0.1, 0.15) is 0 Å². The summed E-state index contributed by atoms with van der Waals surface area (Å²) >= 11 is 24.1. The fourth-order valence-electron chi connectivity index (χ4n) is 2.25. The van der Waals surface area contributed by atoms with E-state index in [-0.39, 0.29) is 43.3 Å². The second kappa shape index (κ2) is 6.19. The van der Waals surface area contributed by atoms with E-state index in [4.69, 9.17) is 51.1 Å². The monoisotopic (exact) mass is 340 g/mol. The van der Waals surface area contributed by atoms with Crippen molar-refractivity contribution >= 4 is 52.2 Å². The van der Waals surface area contributed by atoms with Gasteiger partial charge in [-0.25, -0.2) is 0 Å². The molecule has 1 heterocycles. The Morgan fingerprint density at radius 3 is 2.53 bits per heavy atom. The van der Waals surface area contributed by atoms with Crippen molar-refractivity contribution in [2.75, 3.05) is 13.2 Å². The number of hydrogen-bond donors (Lipinski definition) is 0. The molecule has 0 amide bonds. The van der Waals surface area contributed by atoms with E-state index < -0.39 is 0 Å². The third-order valence-corrected chi connectivity index (χ3v) is 4.90. The molecule has 19 heavy (non-hydrogen) atoms. The first-order valence-corrected chi connectivity index (χ1v) is 7.39. The predicted molar refractivity (Wildman–Crippen MR) is 78.9 cm³/mol. The number of hydrogen-bond acceptors (Lipinski definition) is 2. The molecule has 6 heteroatoms. The zero-order valence-electron chi connectivity index (χ0n) is 10.2. The van der Waals surface area contributed by atoms with Crippen LogP contribution >= 0.6 is 46.4 Å². The van der Waals surface area contributed by atoms with Crippen LogP contribution in [0.5, 0.6) is 0 Å². The van der Waals surface area contributed by atoms with E-state index in [1.807, 2.05) is 6.92 Å². The van der Waals surface area contributed by atoms with Gasteiger partial charge in [0.2, 0.25) is 0 Å². The molecule has 0 saturated carbocycles. The molecule has 0 aromatic heterocycles. The maximum Gasteiger partial charge on any atom is 0.169 e. The van der Waals surface area contributed by atoms with Crippen molar-refractivity contribution in [1.29, 1.82) is 0 Å². The second-order valence-electron chi connectivity index (χ2n) is 4.65. The van der Waals surface area contributed by atoms with Crippen LogP contribution in [-0.2, 0) is 4.74 Å². The average molecular weight is 342 g/mol. The lowest BCUT2D eigenvalue weighted by Gasteiger charge is -2.28. The molecule has 0 radical (unpaired) electrons. The van der Waals surface area contributed by atoms with E-state index in [9.17, 15) is 4.79 Å². The molecule has 1 saturated heterocycles. The Labute approximate surface area is 131 Å². The Kier molecular flexibility index (Phi) is 5.02. The highest BCUT2D eigenvalue weighted by Crippen LogP contribution is 2.40. The summed E-state index contributed by atoms with van der Waals surface area (Å²) < 4.78 is 5.34. The van der Waals surface area contributed by atoms with E-state index in [0.29, 0.717) is 19.6 Å². The van der Waals surface area contributed by atoms with Crippen LogP contribution in [0.1, 0.15) is 23.7 Å². The number of Topliss-reactive ketones (excluding diaryl/α,β-unsaturated/α-hetero) is 1. The molecule has 0 bridgehead atoms. The maximum absolute atomic E-state index is 12.6. The molecular weight excluding hydrogens is 330 g/mol. The number of carbonyl (C=O) groups is 1. The summed E-state index contributed by atoms with van der Waals surface area (Å²) in [6.07, 6.45) is 0.660. The van der Waals surface area contributed by atoms with Gasteiger partial charge in [-0.3, -0.25) is 4.79 Å². The van der Waals surface area contributed by atoms with Gasteiger partial charge < -0.3 is 4.74 Å². The van der Waals surface area contributed by atoms with Gasteiger partial charge in [-0.05, 0) is 18.4 Å². The van der Waals surface area contributed by atoms with Gasteiger partial charge in [0.25, 0.3) is 0 Å². The Balaban J connectivity index is 2.41. The summed E-state index contributed by atoms with van der Waals surface area (Å²) in [5.74, 6) is -0.117. The third-order valence-electron chi connectivity index (χ3n) is 3.34. The molecule has 0 aliphatic carbocycles. The van der Waals surface area contributed by atoms with E-state index in [1.54, 1.807) is 0 Å². The van der Waals surface area contributed by atoms with Gasteiger partial charge in [0.05, 0.1) is 25.7 Å². The average Bonchev–Trinajstić information content (AvgIpc) is 2.36. The molecule has 1 aromatic carbocycles. The minimum absolute atomic E-state index is 0.0932. The highest BCUT2D eigenvalue weighted by molar-refractivity contribution is 6.51. The number of carbonyl (C=O) groups excluding carboxylic acids is 1. The summed E-state index contributed by atoms with van der Waals surface area (Å²) in [6.45, 7) is 3.10. The molecule has 2 unspecified atom stereocenters. The van der Waals surface area contributed by atoms with Crippen molar-refractivity contribution in [3.8, 4) is 0 Å². The van der Waals surface area contributed by atoms with E-state index in [0.717, 1.165) is 0 Å². The quantitative estimate of drug-likeness (QED) is 0.422. The topological polar surface area (TPSA) is 26.3 Å². The molecule has 1 aliphatic heterocycles. The lowest BCUT2D eigenvalue weighted by Crippen LogP contribution is -2.31. The molecule has 104 valence electrons. The summed E-state index contributed by atoms with van der Waals surface area (Å²) in [6, 6.07) is 1.45. The highest BCUT2D eigenvalue weighted by Gasteiger charge is 2.32. The summed E-state index contributed by atoms with van der Waals surface area (Å²) in [5.41, 5.74) is 0.261. The number of benzene rings is 1. The van der Waals surface area contributed by atoms with E-state index in [1.165, 1.54) is 6.07 Å². The lowest BCUT2D eigenvalue weighted by molar-refractivity contribution is 0.0241. The van der Waals surface area contributed by atoms with E-state index in [2.05, 4.69) is 0 Å². The summed E-state index contributed by atoms with van der Waals surface area (Å²) in [7, 11) is 0. The summed E-state index contributed by atoms with van der Waals surface area (Å²) in [5, 5.41) is 0.773. The third kappa shape index (κ3) is 3.03. The largest absolute Gasteiger partial charge is 0.381 e. The summed E-state index contributed by atoms with van der Waals surface area (Å²) in [4.78, 5) is 12.6. The Morgan fingerprint density at radius 2 is 1.89 bits per heavy atom. The SMILES string of the molecule is CC1COCCC1C(=O)c1c(Cl)cc(Cl)c(Cl)c1Cl. The standard InChI is InChI=1S/C13H12Cl4O2/c1-6-5-19-3-2-7(6)13(18)10-8(14)4-9(15)11(16)12(10)17/h4,6-7H,2-3,5H2,1H3. The van der Waals surface area contributed by atoms with Crippen LogP contribution in [0.15, 0.2) is 6.07 Å². The highest BCUT2D eigenvalue weighted by atomic mass is 35.5. The van der Waals surface area contributed by atoms with E-state index >= 15 is 0 Å². The van der Waals surface area contributed by atoms with Crippen LogP contribution in [0.3, 0.4) is 0 Å². The number of ether oxygens (including phenoxy) is 1. The number of rotatable bonds is 2. The zero-order chi connectivity index (χ0) is 14.2. The molecule has 0 spiro atoms. The molecule has 0 N–H and O–H groups in total. The molecular formula is C13H12Cl4O2. The molecule has 2 rings (SSSR count). The van der Waals surface area contributed by atoms with Crippen LogP contribution in [0.4, 0.5) is 0 Å². The fraction of sp³-hybridized carbons (Fsp3) is 0.462. The van der Waals surface area contributed by atoms with Crippen molar-refractivity contribution < 1.29 is 9.53 Å². The zero-order valence-corrected chi connectivity index (χ0v) is 13.2. The normalized spacial score (nSPS) is 23.4. The number of ketones is 1. The number of halogens is 4. The first kappa shape index (κ1) is 15.4. The van der Waals surface area contributed by atoms with Crippen LogP contribution in [-0.4, -0.2) is 19.0 Å². The van der Waals surface area contributed by atoms with Gasteiger partial charge in [0.15, 0.2) is 5.78 Å². The first-order chi connectivity index (χ1) is 8.93. The minimum atomic E-state index is -0.152. The Bertz CT molecular complexity index is 516. The second-order valence-corrected chi connectivity index (χ2v) is 6.23. The maximum atomic E-state index is 12.6. The smallest absolute Gasteiger partial charge is 0.169 e.